The van der Waals surface area contributed by atoms with Gasteiger partial charge in [0.25, 0.3) is 0 Å². The van der Waals surface area contributed by atoms with E-state index >= 15 is 0 Å². The second-order valence-corrected chi connectivity index (χ2v) is 10.2. The predicted octanol–water partition coefficient (Wildman–Crippen LogP) is 4.20. The fourth-order valence-electron chi connectivity index (χ4n) is 3.49. The number of nitrogens with zero attached hydrogens (tertiary/aromatic N) is 6. The maximum Gasteiger partial charge on any atom is 0.243 e. The van der Waals surface area contributed by atoms with Crippen molar-refractivity contribution in [3.8, 4) is 17.1 Å². The van der Waals surface area contributed by atoms with Crippen LogP contribution < -0.4 is 0 Å². The molecule has 9 nitrogen and oxygen atoms in total. The summed E-state index contributed by atoms with van der Waals surface area (Å²) < 4.78 is 34.8. The van der Waals surface area contributed by atoms with Crippen LogP contribution in [0.15, 0.2) is 69.2 Å². The molecule has 11 heteroatoms. The minimum absolute atomic E-state index is 0.225. The van der Waals surface area contributed by atoms with E-state index in [1.807, 2.05) is 61.7 Å². The van der Waals surface area contributed by atoms with Gasteiger partial charge in [0.05, 0.1) is 10.6 Å². The van der Waals surface area contributed by atoms with Crippen LogP contribution in [0.5, 0.6) is 0 Å². The van der Waals surface area contributed by atoms with Crippen LogP contribution in [0.4, 0.5) is 0 Å². The summed E-state index contributed by atoms with van der Waals surface area (Å²) in [5.41, 5.74) is 1.52. The highest BCUT2D eigenvalue weighted by Crippen LogP contribution is 2.31. The van der Waals surface area contributed by atoms with Gasteiger partial charge in [-0.2, -0.15) is 9.29 Å². The molecule has 0 spiro atoms. The molecule has 0 radical (unpaired) electrons. The lowest BCUT2D eigenvalue weighted by Gasteiger charge is -2.18. The van der Waals surface area contributed by atoms with Gasteiger partial charge in [-0.25, -0.2) is 8.42 Å². The van der Waals surface area contributed by atoms with Gasteiger partial charge in [0.2, 0.25) is 15.9 Å². The molecule has 4 aromatic rings. The van der Waals surface area contributed by atoms with Crippen LogP contribution in [0, 0.1) is 0 Å². The van der Waals surface area contributed by atoms with Crippen molar-refractivity contribution < 1.29 is 12.9 Å². The molecule has 2 heterocycles. The van der Waals surface area contributed by atoms with E-state index in [2.05, 4.69) is 20.3 Å². The highest BCUT2D eigenvalue weighted by Gasteiger charge is 2.23. The largest absolute Gasteiger partial charge is 0.338 e. The van der Waals surface area contributed by atoms with Gasteiger partial charge in [0, 0.05) is 30.8 Å². The molecule has 0 saturated carbocycles. The average molecular weight is 499 g/mol. The van der Waals surface area contributed by atoms with Gasteiger partial charge in [-0.15, -0.1) is 10.2 Å². The van der Waals surface area contributed by atoms with E-state index in [0.717, 1.165) is 5.69 Å². The molecule has 0 aliphatic carbocycles. The van der Waals surface area contributed by atoms with Crippen molar-refractivity contribution in [3.05, 3.63) is 66.3 Å². The first kappa shape index (κ1) is 24.1. The minimum atomic E-state index is -3.61. The summed E-state index contributed by atoms with van der Waals surface area (Å²) in [6.45, 7) is 6.42. The van der Waals surface area contributed by atoms with Crippen LogP contribution in [0.3, 0.4) is 0 Å². The number of aromatic nitrogens is 5. The molecule has 0 bridgehead atoms. The molecular formula is C23H26N6O3S2. The van der Waals surface area contributed by atoms with Crippen molar-refractivity contribution in [2.24, 2.45) is 0 Å². The number of hydrogen-bond donors (Lipinski definition) is 0. The van der Waals surface area contributed by atoms with Gasteiger partial charge in [-0.3, -0.25) is 4.57 Å². The number of sulfonamides is 1. The highest BCUT2D eigenvalue weighted by atomic mass is 32.2. The Hall–Kier alpha value is -3.02. The van der Waals surface area contributed by atoms with Crippen molar-refractivity contribution >= 4 is 21.8 Å². The Bertz CT molecular complexity index is 1350. The van der Waals surface area contributed by atoms with Crippen molar-refractivity contribution in [2.45, 2.75) is 43.0 Å². The van der Waals surface area contributed by atoms with E-state index in [1.165, 1.54) is 16.1 Å². The summed E-state index contributed by atoms with van der Waals surface area (Å²) in [6, 6.07) is 16.5. The van der Waals surface area contributed by atoms with E-state index in [1.54, 1.807) is 18.2 Å². The van der Waals surface area contributed by atoms with E-state index in [-0.39, 0.29) is 4.90 Å². The zero-order valence-electron chi connectivity index (χ0n) is 19.2. The monoisotopic (exact) mass is 498 g/mol. The molecule has 34 heavy (non-hydrogen) atoms. The van der Waals surface area contributed by atoms with Gasteiger partial charge in [-0.05, 0) is 24.3 Å². The summed E-state index contributed by atoms with van der Waals surface area (Å²) >= 11 is 1.42. The Balaban J connectivity index is 1.74. The summed E-state index contributed by atoms with van der Waals surface area (Å²) in [7, 11) is -3.61. The number of para-hydroxylation sites is 1. The molecule has 4 rings (SSSR count). The lowest BCUT2D eigenvalue weighted by atomic mass is 10.2. The molecule has 0 saturated heterocycles. The number of rotatable bonds is 10. The van der Waals surface area contributed by atoms with Crippen molar-refractivity contribution in [1.29, 1.82) is 0 Å². The van der Waals surface area contributed by atoms with Crippen LogP contribution in [0.2, 0.25) is 0 Å². The molecule has 0 aliphatic heterocycles. The molecule has 0 unspecified atom stereocenters. The first-order valence-corrected chi connectivity index (χ1v) is 13.5. The van der Waals surface area contributed by atoms with Gasteiger partial charge < -0.3 is 4.52 Å². The van der Waals surface area contributed by atoms with E-state index in [9.17, 15) is 8.42 Å². The lowest BCUT2D eigenvalue weighted by Crippen LogP contribution is -2.30. The third kappa shape index (κ3) is 4.91. The predicted molar refractivity (Wildman–Crippen MR) is 130 cm³/mol. The van der Waals surface area contributed by atoms with Crippen LogP contribution in [-0.2, 0) is 22.2 Å². The maximum absolute atomic E-state index is 13.1. The van der Waals surface area contributed by atoms with Gasteiger partial charge in [0.15, 0.2) is 16.8 Å². The topological polar surface area (TPSA) is 107 Å². The first-order valence-electron chi connectivity index (χ1n) is 11.0. The number of benzene rings is 2. The Kier molecular flexibility index (Phi) is 7.44. The smallest absolute Gasteiger partial charge is 0.243 e. The third-order valence-corrected chi connectivity index (χ3v) is 8.19. The molecule has 0 atom stereocenters. The van der Waals surface area contributed by atoms with Gasteiger partial charge in [0.1, 0.15) is 0 Å². The van der Waals surface area contributed by atoms with E-state index in [4.69, 9.17) is 4.52 Å². The van der Waals surface area contributed by atoms with Crippen LogP contribution in [0.1, 0.15) is 32.5 Å². The molecule has 178 valence electrons. The Morgan fingerprint density at radius 2 is 1.76 bits per heavy atom. The lowest BCUT2D eigenvalue weighted by molar-refractivity contribution is 0.385. The zero-order valence-corrected chi connectivity index (χ0v) is 20.9. The SMILES string of the molecule is CCc1noc(CSc2nnc(-c3cccc(S(=O)(=O)N(CC)CC)c3)n2-c2ccccc2)n1. The van der Waals surface area contributed by atoms with Crippen molar-refractivity contribution in [2.75, 3.05) is 13.1 Å². The Morgan fingerprint density at radius 1 is 1.00 bits per heavy atom. The Labute approximate surface area is 203 Å². The molecular weight excluding hydrogens is 472 g/mol. The molecule has 0 aliphatic rings. The fourth-order valence-corrected chi connectivity index (χ4v) is 5.78. The second kappa shape index (κ2) is 10.5. The van der Waals surface area contributed by atoms with E-state index in [0.29, 0.717) is 53.5 Å². The molecule has 0 amide bonds. The third-order valence-electron chi connectivity index (χ3n) is 5.23. The van der Waals surface area contributed by atoms with Gasteiger partial charge in [-0.1, -0.05) is 68.0 Å². The Morgan fingerprint density at radius 3 is 2.44 bits per heavy atom. The summed E-state index contributed by atoms with van der Waals surface area (Å²) in [6.07, 6.45) is 0.700. The first-order chi connectivity index (χ1) is 16.5. The zero-order chi connectivity index (χ0) is 24.1. The molecule has 2 aromatic heterocycles. The molecule has 0 N–H and O–H groups in total. The highest BCUT2D eigenvalue weighted by molar-refractivity contribution is 7.98. The van der Waals surface area contributed by atoms with Crippen LogP contribution in [-0.4, -0.2) is 50.7 Å². The van der Waals surface area contributed by atoms with E-state index < -0.39 is 10.0 Å². The fraction of sp³-hybridized carbons (Fsp3) is 0.304. The normalized spacial score (nSPS) is 11.9. The maximum atomic E-state index is 13.1. The second-order valence-electron chi connectivity index (χ2n) is 7.34. The van der Waals surface area contributed by atoms with Crippen LogP contribution in [0.25, 0.3) is 17.1 Å². The summed E-state index contributed by atoms with van der Waals surface area (Å²) in [5.74, 6) is 2.16. The van der Waals surface area contributed by atoms with Crippen molar-refractivity contribution in [3.63, 3.8) is 0 Å². The minimum Gasteiger partial charge on any atom is -0.338 e. The number of hydrogen-bond acceptors (Lipinski definition) is 8. The van der Waals surface area contributed by atoms with Crippen molar-refractivity contribution in [1.82, 2.24) is 29.2 Å². The van der Waals surface area contributed by atoms with Crippen LogP contribution >= 0.6 is 11.8 Å². The summed E-state index contributed by atoms with van der Waals surface area (Å²) in [5, 5.41) is 13.4. The summed E-state index contributed by atoms with van der Waals surface area (Å²) in [4.78, 5) is 4.58. The van der Waals surface area contributed by atoms with Gasteiger partial charge >= 0.3 is 0 Å². The quantitative estimate of drug-likeness (QED) is 0.299. The molecule has 2 aromatic carbocycles. The number of aryl methyl sites for hydroxylation is 1. The average Bonchev–Trinajstić information content (AvgIpc) is 3.51. The molecule has 0 fully saturated rings. The standard InChI is InChI=1S/C23H26N6O3S2/c1-4-20-24-21(32-27-20)16-33-23-26-25-22(29(23)18-12-8-7-9-13-18)17-11-10-14-19(15-17)34(30,31)28(5-2)6-3/h7-15H,4-6,16H2,1-3H3. The number of thioether (sulfide) groups is 1.